The van der Waals surface area contributed by atoms with Crippen LogP contribution in [0.4, 0.5) is 0 Å². The van der Waals surface area contributed by atoms with Crippen molar-refractivity contribution in [2.24, 2.45) is 5.73 Å². The van der Waals surface area contributed by atoms with Crippen molar-refractivity contribution < 1.29 is 0 Å². The molecule has 0 spiro atoms. The molecule has 76 valence electrons. The average Bonchev–Trinajstić information content (AvgIpc) is 2.19. The van der Waals surface area contributed by atoms with E-state index in [0.717, 1.165) is 19.3 Å². The van der Waals surface area contributed by atoms with Gasteiger partial charge in [-0.05, 0) is 24.8 Å². The molecule has 0 radical (unpaired) electrons. The third kappa shape index (κ3) is 3.75. The molecule has 2 N–H and O–H groups in total. The van der Waals surface area contributed by atoms with Crippen LogP contribution >= 0.6 is 0 Å². The molecule has 1 nitrogen and oxygen atoms in total. The molecule has 14 heavy (non-hydrogen) atoms. The van der Waals surface area contributed by atoms with Gasteiger partial charge >= 0.3 is 0 Å². The zero-order valence-corrected chi connectivity index (χ0v) is 8.87. The van der Waals surface area contributed by atoms with E-state index in [2.05, 4.69) is 37.8 Å². The standard InChI is InChI=1S/C13H19N/c1-3-11(2)9-13(14)10-12-7-5-4-6-8-12/h4-8,13H,2-3,9-10,14H2,1H3. The van der Waals surface area contributed by atoms with Crippen LogP contribution in [0.1, 0.15) is 25.3 Å². The van der Waals surface area contributed by atoms with Crippen molar-refractivity contribution in [3.63, 3.8) is 0 Å². The van der Waals surface area contributed by atoms with E-state index in [-0.39, 0.29) is 6.04 Å². The molecule has 0 heterocycles. The predicted molar refractivity (Wildman–Crippen MR) is 62.2 cm³/mol. The van der Waals surface area contributed by atoms with E-state index in [9.17, 15) is 0 Å². The van der Waals surface area contributed by atoms with E-state index in [1.54, 1.807) is 0 Å². The van der Waals surface area contributed by atoms with E-state index in [1.165, 1.54) is 11.1 Å². The van der Waals surface area contributed by atoms with Gasteiger partial charge in [-0.1, -0.05) is 49.4 Å². The summed E-state index contributed by atoms with van der Waals surface area (Å²) in [4.78, 5) is 0. The monoisotopic (exact) mass is 189 g/mol. The van der Waals surface area contributed by atoms with Crippen LogP contribution in [0.15, 0.2) is 42.5 Å². The Labute approximate surface area is 86.6 Å². The van der Waals surface area contributed by atoms with Gasteiger partial charge in [-0.3, -0.25) is 0 Å². The average molecular weight is 189 g/mol. The molecule has 1 atom stereocenters. The van der Waals surface area contributed by atoms with Crippen molar-refractivity contribution in [1.82, 2.24) is 0 Å². The molecule has 0 amide bonds. The molecule has 1 rings (SSSR count). The summed E-state index contributed by atoms with van der Waals surface area (Å²) >= 11 is 0. The summed E-state index contributed by atoms with van der Waals surface area (Å²) in [6.07, 6.45) is 2.91. The molecule has 0 aliphatic heterocycles. The number of benzene rings is 1. The fourth-order valence-corrected chi connectivity index (χ4v) is 1.50. The van der Waals surface area contributed by atoms with E-state index in [0.29, 0.717) is 0 Å². The zero-order valence-electron chi connectivity index (χ0n) is 8.87. The van der Waals surface area contributed by atoms with Crippen molar-refractivity contribution in [3.8, 4) is 0 Å². The second-order valence-electron chi connectivity index (χ2n) is 3.76. The molecular weight excluding hydrogens is 170 g/mol. The lowest BCUT2D eigenvalue weighted by atomic mass is 9.99. The topological polar surface area (TPSA) is 26.0 Å². The van der Waals surface area contributed by atoms with E-state index >= 15 is 0 Å². The van der Waals surface area contributed by atoms with Gasteiger partial charge in [0.05, 0.1) is 0 Å². The van der Waals surface area contributed by atoms with Crippen LogP contribution in [0, 0.1) is 0 Å². The molecule has 0 aliphatic rings. The molecule has 0 aromatic heterocycles. The first-order valence-corrected chi connectivity index (χ1v) is 5.18. The van der Waals surface area contributed by atoms with E-state index < -0.39 is 0 Å². The Morgan fingerprint density at radius 2 is 2.00 bits per heavy atom. The van der Waals surface area contributed by atoms with Crippen LogP contribution in [0.3, 0.4) is 0 Å². The van der Waals surface area contributed by atoms with Crippen molar-refractivity contribution in [2.45, 2.75) is 32.2 Å². The van der Waals surface area contributed by atoms with Crippen LogP contribution in [-0.4, -0.2) is 6.04 Å². The SMILES string of the molecule is C=C(CC)CC(N)Cc1ccccc1. The summed E-state index contributed by atoms with van der Waals surface area (Å²) < 4.78 is 0. The summed E-state index contributed by atoms with van der Waals surface area (Å²) in [7, 11) is 0. The Bertz CT molecular complexity index is 277. The smallest absolute Gasteiger partial charge is 0.0117 e. The fourth-order valence-electron chi connectivity index (χ4n) is 1.50. The van der Waals surface area contributed by atoms with Crippen molar-refractivity contribution in [1.29, 1.82) is 0 Å². The van der Waals surface area contributed by atoms with Gasteiger partial charge in [0.1, 0.15) is 0 Å². The maximum atomic E-state index is 6.02. The Morgan fingerprint density at radius 1 is 1.36 bits per heavy atom. The highest BCUT2D eigenvalue weighted by atomic mass is 14.6. The summed E-state index contributed by atoms with van der Waals surface area (Å²) in [5, 5.41) is 0. The molecule has 1 unspecified atom stereocenters. The van der Waals surface area contributed by atoms with Gasteiger partial charge in [0.25, 0.3) is 0 Å². The molecule has 0 fully saturated rings. The number of rotatable bonds is 5. The van der Waals surface area contributed by atoms with Crippen molar-refractivity contribution >= 4 is 0 Å². The van der Waals surface area contributed by atoms with Gasteiger partial charge in [0, 0.05) is 6.04 Å². The van der Waals surface area contributed by atoms with Gasteiger partial charge in [-0.2, -0.15) is 0 Å². The first-order chi connectivity index (χ1) is 6.72. The van der Waals surface area contributed by atoms with Crippen LogP contribution in [0.2, 0.25) is 0 Å². The van der Waals surface area contributed by atoms with E-state index in [4.69, 9.17) is 5.73 Å². The maximum Gasteiger partial charge on any atom is 0.0117 e. The van der Waals surface area contributed by atoms with Crippen LogP contribution in [-0.2, 0) is 6.42 Å². The molecule has 0 saturated heterocycles. The molecule has 0 aliphatic carbocycles. The number of nitrogens with two attached hydrogens (primary N) is 1. The minimum atomic E-state index is 0.213. The summed E-state index contributed by atoms with van der Waals surface area (Å²) in [6, 6.07) is 10.6. The first-order valence-electron chi connectivity index (χ1n) is 5.18. The molecule has 1 heteroatoms. The Balaban J connectivity index is 2.41. The number of hydrogen-bond acceptors (Lipinski definition) is 1. The highest BCUT2D eigenvalue weighted by molar-refractivity contribution is 5.16. The minimum absolute atomic E-state index is 0.213. The third-order valence-electron chi connectivity index (χ3n) is 2.39. The van der Waals surface area contributed by atoms with Gasteiger partial charge in [0.15, 0.2) is 0 Å². The maximum absolute atomic E-state index is 6.02. The Morgan fingerprint density at radius 3 is 2.57 bits per heavy atom. The second kappa shape index (κ2) is 5.61. The van der Waals surface area contributed by atoms with Crippen LogP contribution in [0.5, 0.6) is 0 Å². The van der Waals surface area contributed by atoms with Crippen molar-refractivity contribution in [3.05, 3.63) is 48.0 Å². The lowest BCUT2D eigenvalue weighted by molar-refractivity contribution is 0.651. The molecular formula is C13H19N. The summed E-state index contributed by atoms with van der Waals surface area (Å²) in [5.74, 6) is 0. The molecule has 1 aromatic rings. The summed E-state index contributed by atoms with van der Waals surface area (Å²) in [5.41, 5.74) is 8.57. The third-order valence-corrected chi connectivity index (χ3v) is 2.39. The largest absolute Gasteiger partial charge is 0.327 e. The van der Waals surface area contributed by atoms with Crippen LogP contribution < -0.4 is 5.73 Å². The first kappa shape index (κ1) is 11.0. The Hall–Kier alpha value is -1.08. The van der Waals surface area contributed by atoms with Gasteiger partial charge in [0.2, 0.25) is 0 Å². The number of hydrogen-bond donors (Lipinski definition) is 1. The predicted octanol–water partition coefficient (Wildman–Crippen LogP) is 2.91. The molecule has 0 bridgehead atoms. The fraction of sp³-hybridized carbons (Fsp3) is 0.385. The highest BCUT2D eigenvalue weighted by Gasteiger charge is 2.04. The van der Waals surface area contributed by atoms with Gasteiger partial charge < -0.3 is 5.73 Å². The van der Waals surface area contributed by atoms with Gasteiger partial charge in [-0.15, -0.1) is 0 Å². The normalized spacial score (nSPS) is 12.4. The zero-order chi connectivity index (χ0) is 10.4. The van der Waals surface area contributed by atoms with Gasteiger partial charge in [-0.25, -0.2) is 0 Å². The second-order valence-corrected chi connectivity index (χ2v) is 3.76. The molecule has 1 aromatic carbocycles. The Kier molecular flexibility index (Phi) is 4.41. The van der Waals surface area contributed by atoms with Crippen molar-refractivity contribution in [2.75, 3.05) is 0 Å². The quantitative estimate of drug-likeness (QED) is 0.708. The lowest BCUT2D eigenvalue weighted by Gasteiger charge is -2.12. The molecule has 0 saturated carbocycles. The summed E-state index contributed by atoms with van der Waals surface area (Å²) in [6.45, 7) is 6.10. The lowest BCUT2D eigenvalue weighted by Crippen LogP contribution is -2.23. The van der Waals surface area contributed by atoms with Crippen LogP contribution in [0.25, 0.3) is 0 Å². The highest BCUT2D eigenvalue weighted by Crippen LogP contribution is 2.10. The minimum Gasteiger partial charge on any atom is -0.327 e. The van der Waals surface area contributed by atoms with E-state index in [1.807, 2.05) is 6.07 Å².